The summed E-state index contributed by atoms with van der Waals surface area (Å²) in [7, 11) is -3.68. The molecule has 0 aliphatic carbocycles. The highest BCUT2D eigenvalue weighted by molar-refractivity contribution is 7.89. The number of aromatic nitrogens is 1. The third-order valence-corrected chi connectivity index (χ3v) is 5.23. The van der Waals surface area contributed by atoms with E-state index in [2.05, 4.69) is 4.98 Å². The van der Waals surface area contributed by atoms with E-state index < -0.39 is 15.3 Å². The molecule has 0 spiro atoms. The molecule has 19 heavy (non-hydrogen) atoms. The van der Waals surface area contributed by atoms with E-state index in [1.54, 1.807) is 17.6 Å². The highest BCUT2D eigenvalue weighted by Crippen LogP contribution is 2.28. The molecule has 0 saturated carbocycles. The largest absolute Gasteiger partial charge is 0.311 e. The number of amides is 1. The minimum absolute atomic E-state index is 0.0616. The molecule has 0 bridgehead atoms. The number of nitrogens with two attached hydrogens (primary N) is 1. The second-order valence-electron chi connectivity index (χ2n) is 4.42. The van der Waals surface area contributed by atoms with Crippen molar-refractivity contribution >= 4 is 43.2 Å². The van der Waals surface area contributed by atoms with Crippen molar-refractivity contribution in [2.24, 2.45) is 5.14 Å². The number of rotatable bonds is 2. The van der Waals surface area contributed by atoms with Crippen LogP contribution < -0.4 is 10.0 Å². The molecular weight excluding hydrogens is 286 g/mol. The van der Waals surface area contributed by atoms with Gasteiger partial charge in [-0.05, 0) is 18.2 Å². The summed E-state index contributed by atoms with van der Waals surface area (Å²) in [4.78, 5) is 17.5. The van der Waals surface area contributed by atoms with Gasteiger partial charge in [0.25, 0.3) is 0 Å². The van der Waals surface area contributed by atoms with Crippen LogP contribution in [0.15, 0.2) is 23.7 Å². The number of hydrogen-bond donors (Lipinski definition) is 1. The van der Waals surface area contributed by atoms with Gasteiger partial charge in [-0.2, -0.15) is 0 Å². The van der Waals surface area contributed by atoms with Crippen LogP contribution in [0.1, 0.15) is 6.42 Å². The zero-order valence-electron chi connectivity index (χ0n) is 9.81. The summed E-state index contributed by atoms with van der Waals surface area (Å²) in [6, 6.07) is 5.46. The molecule has 1 aliphatic rings. The number of thiazole rings is 1. The summed E-state index contributed by atoms with van der Waals surface area (Å²) in [5.74, 6) is -0.228. The summed E-state index contributed by atoms with van der Waals surface area (Å²) in [6.45, 7) is 0.104. The number of fused-ring (bicyclic) bond motifs is 1. The maximum absolute atomic E-state index is 11.9. The van der Waals surface area contributed by atoms with Crippen molar-refractivity contribution in [3.05, 3.63) is 23.7 Å². The van der Waals surface area contributed by atoms with Crippen LogP contribution in [0.2, 0.25) is 0 Å². The van der Waals surface area contributed by atoms with Crippen molar-refractivity contribution < 1.29 is 13.2 Å². The quantitative estimate of drug-likeness (QED) is 0.882. The van der Waals surface area contributed by atoms with Gasteiger partial charge in [0.05, 0.1) is 15.7 Å². The first-order valence-corrected chi connectivity index (χ1v) is 8.09. The first kappa shape index (κ1) is 12.5. The van der Waals surface area contributed by atoms with Crippen LogP contribution in [-0.2, 0) is 14.8 Å². The van der Waals surface area contributed by atoms with E-state index in [1.807, 2.05) is 6.07 Å². The lowest BCUT2D eigenvalue weighted by Gasteiger charge is -2.16. The minimum atomic E-state index is -3.68. The van der Waals surface area contributed by atoms with Crippen LogP contribution in [0.25, 0.3) is 10.2 Å². The molecule has 1 aromatic carbocycles. The van der Waals surface area contributed by atoms with Crippen LogP contribution in [0.3, 0.4) is 0 Å². The number of nitrogens with zero attached hydrogens (tertiary/aromatic N) is 2. The highest BCUT2D eigenvalue weighted by atomic mass is 32.2. The van der Waals surface area contributed by atoms with Gasteiger partial charge in [0.15, 0.2) is 0 Å². The minimum Gasteiger partial charge on any atom is -0.311 e. The fourth-order valence-corrected chi connectivity index (χ4v) is 3.55. The lowest BCUT2D eigenvalue weighted by molar-refractivity contribution is -0.117. The molecule has 2 heterocycles. The van der Waals surface area contributed by atoms with Crippen molar-refractivity contribution in [1.29, 1.82) is 0 Å². The molecule has 1 unspecified atom stereocenters. The standard InChI is InChI=1S/C11H11N3O3S2/c12-19(16,17)8-4-11(15)14(5-8)7-1-2-10-9(3-7)13-6-18-10/h1-3,6,8H,4-5H2,(H2,12,16,17). The fraction of sp³-hybridized carbons (Fsp3) is 0.273. The van der Waals surface area contributed by atoms with E-state index in [1.165, 1.54) is 16.2 Å². The first-order valence-electron chi connectivity index (χ1n) is 5.60. The van der Waals surface area contributed by atoms with Crippen molar-refractivity contribution in [3.63, 3.8) is 0 Å². The second-order valence-corrected chi connectivity index (χ2v) is 7.15. The van der Waals surface area contributed by atoms with Gasteiger partial charge in [-0.25, -0.2) is 18.5 Å². The number of hydrogen-bond acceptors (Lipinski definition) is 5. The Balaban J connectivity index is 1.96. The van der Waals surface area contributed by atoms with E-state index in [9.17, 15) is 13.2 Å². The fourth-order valence-electron chi connectivity index (χ4n) is 2.16. The Morgan fingerprint density at radius 3 is 2.89 bits per heavy atom. The molecule has 3 rings (SSSR count). The zero-order chi connectivity index (χ0) is 13.6. The molecule has 1 aromatic heterocycles. The summed E-state index contributed by atoms with van der Waals surface area (Å²) in [6.07, 6.45) is -0.0616. The SMILES string of the molecule is NS(=O)(=O)C1CC(=O)N(c2ccc3scnc3c2)C1. The Kier molecular flexibility index (Phi) is 2.80. The number of anilines is 1. The van der Waals surface area contributed by atoms with Crippen LogP contribution >= 0.6 is 11.3 Å². The summed E-state index contributed by atoms with van der Waals surface area (Å²) in [5.41, 5.74) is 3.19. The van der Waals surface area contributed by atoms with Crippen molar-refractivity contribution in [1.82, 2.24) is 4.98 Å². The molecule has 6 nitrogen and oxygen atoms in total. The Hall–Kier alpha value is -1.51. The molecule has 100 valence electrons. The zero-order valence-corrected chi connectivity index (χ0v) is 11.4. The van der Waals surface area contributed by atoms with Crippen LogP contribution in [0.5, 0.6) is 0 Å². The average molecular weight is 297 g/mol. The molecule has 1 saturated heterocycles. The number of carbonyl (C=O) groups excluding carboxylic acids is 1. The average Bonchev–Trinajstić information content (AvgIpc) is 2.92. The van der Waals surface area contributed by atoms with Crippen LogP contribution in [-0.4, -0.2) is 31.1 Å². The number of primary sulfonamides is 1. The molecule has 8 heteroatoms. The third kappa shape index (κ3) is 2.22. The maximum Gasteiger partial charge on any atom is 0.228 e. The summed E-state index contributed by atoms with van der Waals surface area (Å²) in [5, 5.41) is 4.27. The van der Waals surface area contributed by atoms with Gasteiger partial charge in [0, 0.05) is 18.7 Å². The third-order valence-electron chi connectivity index (χ3n) is 3.18. The molecule has 1 atom stereocenters. The van der Waals surface area contributed by atoms with E-state index in [0.29, 0.717) is 5.69 Å². The summed E-state index contributed by atoms with van der Waals surface area (Å²) >= 11 is 1.51. The second kappa shape index (κ2) is 4.26. The van der Waals surface area contributed by atoms with Crippen LogP contribution in [0, 0.1) is 0 Å². The molecule has 1 fully saturated rings. The van der Waals surface area contributed by atoms with Gasteiger partial charge >= 0.3 is 0 Å². The van der Waals surface area contributed by atoms with Crippen molar-refractivity contribution in [3.8, 4) is 0 Å². The van der Waals surface area contributed by atoms with E-state index in [4.69, 9.17) is 5.14 Å². The Labute approximate surface area is 113 Å². The summed E-state index contributed by atoms with van der Waals surface area (Å²) < 4.78 is 23.7. The Bertz CT molecular complexity index is 753. The van der Waals surface area contributed by atoms with Gasteiger partial charge in [0.1, 0.15) is 5.25 Å². The molecular formula is C11H11N3O3S2. The Morgan fingerprint density at radius 1 is 1.42 bits per heavy atom. The van der Waals surface area contributed by atoms with E-state index in [-0.39, 0.29) is 18.9 Å². The van der Waals surface area contributed by atoms with Gasteiger partial charge < -0.3 is 4.90 Å². The predicted octanol–water partition coefficient (Wildman–Crippen LogP) is 0.690. The monoisotopic (exact) mass is 297 g/mol. The lowest BCUT2D eigenvalue weighted by atomic mass is 10.3. The highest BCUT2D eigenvalue weighted by Gasteiger charge is 2.37. The van der Waals surface area contributed by atoms with Gasteiger partial charge in [0.2, 0.25) is 15.9 Å². The number of carbonyl (C=O) groups is 1. The topological polar surface area (TPSA) is 93.4 Å². The first-order chi connectivity index (χ1) is 8.95. The Morgan fingerprint density at radius 2 is 2.21 bits per heavy atom. The normalized spacial score (nSPS) is 20.4. The number of sulfonamides is 1. The molecule has 2 N–H and O–H groups in total. The molecule has 0 radical (unpaired) electrons. The maximum atomic E-state index is 11.9. The van der Waals surface area contributed by atoms with Gasteiger partial charge in [-0.1, -0.05) is 0 Å². The predicted molar refractivity (Wildman–Crippen MR) is 73.5 cm³/mol. The lowest BCUT2D eigenvalue weighted by Crippen LogP contribution is -2.32. The number of benzene rings is 1. The molecule has 1 aliphatic heterocycles. The van der Waals surface area contributed by atoms with Gasteiger partial charge in [-0.15, -0.1) is 11.3 Å². The smallest absolute Gasteiger partial charge is 0.228 e. The van der Waals surface area contributed by atoms with Crippen molar-refractivity contribution in [2.75, 3.05) is 11.4 Å². The van der Waals surface area contributed by atoms with E-state index >= 15 is 0 Å². The van der Waals surface area contributed by atoms with E-state index in [0.717, 1.165) is 10.2 Å². The molecule has 1 amide bonds. The van der Waals surface area contributed by atoms with Crippen molar-refractivity contribution in [2.45, 2.75) is 11.7 Å². The van der Waals surface area contributed by atoms with Crippen LogP contribution in [0.4, 0.5) is 5.69 Å². The molecule has 2 aromatic rings. The van der Waals surface area contributed by atoms with Gasteiger partial charge in [-0.3, -0.25) is 4.79 Å².